The van der Waals surface area contributed by atoms with E-state index in [2.05, 4.69) is 4.98 Å². The van der Waals surface area contributed by atoms with Crippen LogP contribution in [0.15, 0.2) is 12.4 Å². The van der Waals surface area contributed by atoms with Crippen molar-refractivity contribution in [1.29, 1.82) is 0 Å². The zero-order valence-electron chi connectivity index (χ0n) is 5.43. The van der Waals surface area contributed by atoms with E-state index in [1.54, 1.807) is 0 Å². The Kier molecular flexibility index (Phi) is 3.38. The fraction of sp³-hybridized carbons (Fsp3) is 0.400. The summed E-state index contributed by atoms with van der Waals surface area (Å²) in [6.45, 7) is 1.54. The molecule has 0 aliphatic heterocycles. The molecule has 1 aromatic rings. The molecule has 0 saturated heterocycles. The Morgan fingerprint density at radius 2 is 2.30 bits per heavy atom. The van der Waals surface area contributed by atoms with E-state index >= 15 is 0 Å². The Hall–Kier alpha value is -0.550. The number of aliphatic hydroxyl groups is 1. The number of aromatic nitrogens is 2. The van der Waals surface area contributed by atoms with Gasteiger partial charge in [-0.05, 0) is 6.92 Å². The number of hydrogen-bond donors (Lipinski definition) is 2. The van der Waals surface area contributed by atoms with E-state index in [0.717, 1.165) is 4.73 Å². The van der Waals surface area contributed by atoms with Gasteiger partial charge in [-0.25, -0.2) is 4.98 Å². The van der Waals surface area contributed by atoms with E-state index in [1.165, 1.54) is 19.3 Å². The number of aliphatic hydroxyl groups excluding tert-OH is 1. The van der Waals surface area contributed by atoms with Crippen LogP contribution in [0.2, 0.25) is 0 Å². The lowest BCUT2D eigenvalue weighted by Crippen LogP contribution is -2.01. The van der Waals surface area contributed by atoms with Crippen molar-refractivity contribution in [2.24, 2.45) is 0 Å². The molecule has 58 valence electrons. The SMILES string of the molecule is Br.CC(O)c1nccn1O. The highest BCUT2D eigenvalue weighted by molar-refractivity contribution is 8.93. The first-order chi connectivity index (χ1) is 4.22. The van der Waals surface area contributed by atoms with Gasteiger partial charge in [-0.2, -0.15) is 4.73 Å². The van der Waals surface area contributed by atoms with Crippen LogP contribution in [-0.4, -0.2) is 20.0 Å². The summed E-state index contributed by atoms with van der Waals surface area (Å²) in [5, 5.41) is 17.7. The normalized spacial score (nSPS) is 12.2. The first kappa shape index (κ1) is 9.45. The maximum absolute atomic E-state index is 8.85. The van der Waals surface area contributed by atoms with Crippen LogP contribution in [0.5, 0.6) is 0 Å². The third kappa shape index (κ3) is 1.71. The van der Waals surface area contributed by atoms with E-state index in [0.29, 0.717) is 0 Å². The van der Waals surface area contributed by atoms with Crippen molar-refractivity contribution < 1.29 is 10.3 Å². The maximum Gasteiger partial charge on any atom is 0.172 e. The molecule has 0 fully saturated rings. The topological polar surface area (TPSA) is 58.3 Å². The Morgan fingerprint density at radius 3 is 2.50 bits per heavy atom. The summed E-state index contributed by atoms with van der Waals surface area (Å²) < 4.78 is 0.796. The number of halogens is 1. The average molecular weight is 209 g/mol. The van der Waals surface area contributed by atoms with Gasteiger partial charge in [-0.15, -0.1) is 17.0 Å². The molecule has 0 aromatic carbocycles. The van der Waals surface area contributed by atoms with Crippen LogP contribution >= 0.6 is 17.0 Å². The Labute approximate surface area is 68.9 Å². The van der Waals surface area contributed by atoms with Crippen LogP contribution in [0.25, 0.3) is 0 Å². The van der Waals surface area contributed by atoms with Gasteiger partial charge in [0.15, 0.2) is 5.82 Å². The lowest BCUT2D eigenvalue weighted by atomic mass is 10.4. The van der Waals surface area contributed by atoms with Crippen LogP contribution in [0.3, 0.4) is 0 Å². The van der Waals surface area contributed by atoms with E-state index in [4.69, 9.17) is 10.3 Å². The summed E-state index contributed by atoms with van der Waals surface area (Å²) in [5.74, 6) is 0.259. The molecule has 10 heavy (non-hydrogen) atoms. The fourth-order valence-corrected chi connectivity index (χ4v) is 0.608. The molecule has 5 heteroatoms. The summed E-state index contributed by atoms with van der Waals surface area (Å²) in [6, 6.07) is 0. The summed E-state index contributed by atoms with van der Waals surface area (Å²) in [4.78, 5) is 3.68. The largest absolute Gasteiger partial charge is 0.427 e. The molecule has 0 aliphatic carbocycles. The molecule has 0 radical (unpaired) electrons. The minimum Gasteiger partial charge on any atom is -0.427 e. The summed E-state index contributed by atoms with van der Waals surface area (Å²) in [6.07, 6.45) is 2.06. The number of rotatable bonds is 1. The second-order valence-electron chi connectivity index (χ2n) is 1.81. The van der Waals surface area contributed by atoms with Crippen molar-refractivity contribution >= 4 is 17.0 Å². The second-order valence-corrected chi connectivity index (χ2v) is 1.81. The molecule has 0 saturated carbocycles. The van der Waals surface area contributed by atoms with Gasteiger partial charge in [-0.3, -0.25) is 0 Å². The molecule has 4 nitrogen and oxygen atoms in total. The molecule has 1 heterocycles. The van der Waals surface area contributed by atoms with E-state index in [1.807, 2.05) is 0 Å². The van der Waals surface area contributed by atoms with Gasteiger partial charge in [0.05, 0.1) is 6.20 Å². The predicted molar refractivity (Wildman–Crippen MR) is 40.4 cm³/mol. The summed E-state index contributed by atoms with van der Waals surface area (Å²) >= 11 is 0. The van der Waals surface area contributed by atoms with Gasteiger partial charge in [0.1, 0.15) is 6.10 Å². The summed E-state index contributed by atoms with van der Waals surface area (Å²) in [7, 11) is 0. The number of nitrogens with zero attached hydrogens (tertiary/aromatic N) is 2. The molecule has 0 amide bonds. The molecular formula is C5H9BrN2O2. The molecule has 2 N–H and O–H groups in total. The van der Waals surface area contributed by atoms with E-state index in [9.17, 15) is 0 Å². The second kappa shape index (κ2) is 3.58. The van der Waals surface area contributed by atoms with Crippen LogP contribution < -0.4 is 0 Å². The minimum absolute atomic E-state index is 0. The van der Waals surface area contributed by atoms with Crippen LogP contribution in [0.4, 0.5) is 0 Å². The molecule has 0 bridgehead atoms. The molecule has 1 rings (SSSR count). The van der Waals surface area contributed by atoms with Gasteiger partial charge in [0.25, 0.3) is 0 Å². The molecule has 0 aliphatic rings. The Morgan fingerprint density at radius 1 is 1.70 bits per heavy atom. The molecule has 1 atom stereocenters. The van der Waals surface area contributed by atoms with Gasteiger partial charge >= 0.3 is 0 Å². The minimum atomic E-state index is -0.718. The smallest absolute Gasteiger partial charge is 0.172 e. The number of hydrogen-bond acceptors (Lipinski definition) is 3. The van der Waals surface area contributed by atoms with Gasteiger partial charge < -0.3 is 10.3 Å². The van der Waals surface area contributed by atoms with Gasteiger partial charge in [-0.1, -0.05) is 0 Å². The first-order valence-electron chi connectivity index (χ1n) is 2.62. The van der Waals surface area contributed by atoms with E-state index in [-0.39, 0.29) is 22.8 Å². The van der Waals surface area contributed by atoms with Gasteiger partial charge in [0, 0.05) is 6.20 Å². The number of imidazole rings is 1. The first-order valence-corrected chi connectivity index (χ1v) is 2.62. The van der Waals surface area contributed by atoms with E-state index < -0.39 is 6.10 Å². The van der Waals surface area contributed by atoms with Crippen molar-refractivity contribution in [1.82, 2.24) is 9.71 Å². The maximum atomic E-state index is 8.85. The molecule has 1 aromatic heterocycles. The molecular weight excluding hydrogens is 200 g/mol. The average Bonchev–Trinajstić information content (AvgIpc) is 2.13. The lowest BCUT2D eigenvalue weighted by molar-refractivity contribution is 0.121. The Balaban J connectivity index is 0.000000810. The van der Waals surface area contributed by atoms with Crippen molar-refractivity contribution in [2.45, 2.75) is 13.0 Å². The summed E-state index contributed by atoms with van der Waals surface area (Å²) in [5.41, 5.74) is 0. The lowest BCUT2D eigenvalue weighted by Gasteiger charge is -2.00. The van der Waals surface area contributed by atoms with Crippen molar-refractivity contribution in [3.05, 3.63) is 18.2 Å². The van der Waals surface area contributed by atoms with Crippen LogP contribution in [0.1, 0.15) is 18.9 Å². The predicted octanol–water partition coefficient (Wildman–Crippen LogP) is 0.752. The highest BCUT2D eigenvalue weighted by atomic mass is 79.9. The Bertz CT molecular complexity index is 199. The third-order valence-electron chi connectivity index (χ3n) is 1.02. The van der Waals surface area contributed by atoms with Crippen molar-refractivity contribution in [2.75, 3.05) is 0 Å². The quantitative estimate of drug-likeness (QED) is 0.671. The zero-order chi connectivity index (χ0) is 6.85. The fourth-order valence-electron chi connectivity index (χ4n) is 0.608. The van der Waals surface area contributed by atoms with Crippen molar-refractivity contribution in [3.63, 3.8) is 0 Å². The highest BCUT2D eigenvalue weighted by Crippen LogP contribution is 2.05. The zero-order valence-corrected chi connectivity index (χ0v) is 7.14. The molecule has 0 spiro atoms. The van der Waals surface area contributed by atoms with Crippen molar-refractivity contribution in [3.8, 4) is 0 Å². The third-order valence-corrected chi connectivity index (χ3v) is 1.02. The standard InChI is InChI=1S/C5H8N2O2.BrH/c1-4(8)5-6-2-3-7(5)9;/h2-4,8-9H,1H3;1H. The van der Waals surface area contributed by atoms with Crippen LogP contribution in [0, 0.1) is 0 Å². The van der Waals surface area contributed by atoms with Gasteiger partial charge in [0.2, 0.25) is 0 Å². The molecule has 1 unspecified atom stereocenters. The highest BCUT2D eigenvalue weighted by Gasteiger charge is 2.05. The monoisotopic (exact) mass is 208 g/mol. The van der Waals surface area contributed by atoms with Crippen LogP contribution in [-0.2, 0) is 0 Å².